The molecule has 21 heavy (non-hydrogen) atoms. The van der Waals surface area contributed by atoms with E-state index < -0.39 is 18.2 Å². The van der Waals surface area contributed by atoms with Crippen LogP contribution >= 0.6 is 0 Å². The summed E-state index contributed by atoms with van der Waals surface area (Å²) in [5.41, 5.74) is 0.888. The van der Waals surface area contributed by atoms with Crippen LogP contribution in [0.3, 0.4) is 0 Å². The van der Waals surface area contributed by atoms with E-state index in [1.807, 2.05) is 6.92 Å². The Bertz CT molecular complexity index is 610. The molecule has 1 rings (SSSR count). The number of hydrogen-bond donors (Lipinski definition) is 1. The summed E-state index contributed by atoms with van der Waals surface area (Å²) in [4.78, 5) is 0. The second kappa shape index (κ2) is 6.19. The molecule has 0 saturated carbocycles. The zero-order valence-electron chi connectivity index (χ0n) is 14.1. The fourth-order valence-electron chi connectivity index (χ4n) is 1.53. The largest absolute Gasteiger partial charge is 0.411 e. The molecule has 0 aromatic carbocycles. The minimum absolute atomic E-state index is 0.146. The van der Waals surface area contributed by atoms with Gasteiger partial charge in [-0.05, 0) is 25.1 Å². The minimum atomic E-state index is -2.89. The van der Waals surface area contributed by atoms with Crippen molar-refractivity contribution in [1.82, 2.24) is 9.78 Å². The molecular formula is C13H28N4O2SSi. The van der Waals surface area contributed by atoms with Crippen molar-refractivity contribution in [3.63, 3.8) is 0 Å². The maximum Gasteiger partial charge on any atom is 0.192 e. The molecule has 1 aromatic heterocycles. The molecule has 0 saturated heterocycles. The molecule has 2 N–H and O–H groups in total. The van der Waals surface area contributed by atoms with E-state index in [-0.39, 0.29) is 5.04 Å². The molecule has 8 heteroatoms. The average molecular weight is 333 g/mol. The molecule has 0 bridgehead atoms. The van der Waals surface area contributed by atoms with E-state index in [4.69, 9.17) is 9.56 Å². The molecular weight excluding hydrogens is 304 g/mol. The Kier molecular flexibility index (Phi) is 5.41. The van der Waals surface area contributed by atoms with Crippen molar-refractivity contribution in [2.45, 2.75) is 64.0 Å². The van der Waals surface area contributed by atoms with Crippen molar-refractivity contribution in [3.05, 3.63) is 11.8 Å². The summed E-state index contributed by atoms with van der Waals surface area (Å²) in [7, 11) is -3.29. The fraction of sp³-hybridized carbons (Fsp3) is 0.769. The highest BCUT2D eigenvalue weighted by molar-refractivity contribution is 7.91. The Hall–Kier alpha value is -0.703. The third-order valence-corrected chi connectivity index (χ3v) is 9.92. The van der Waals surface area contributed by atoms with Gasteiger partial charge in [0.05, 0.1) is 12.3 Å². The van der Waals surface area contributed by atoms with Crippen molar-refractivity contribution in [2.24, 2.45) is 9.50 Å². The Morgan fingerprint density at radius 2 is 2.05 bits per heavy atom. The van der Waals surface area contributed by atoms with Gasteiger partial charge in [0.2, 0.25) is 0 Å². The first-order valence-electron chi connectivity index (χ1n) is 7.08. The van der Waals surface area contributed by atoms with Crippen LogP contribution in [0.15, 0.2) is 15.5 Å². The molecule has 0 aliphatic carbocycles. The van der Waals surface area contributed by atoms with Crippen LogP contribution in [0.4, 0.5) is 0 Å². The molecule has 0 aliphatic rings. The Morgan fingerprint density at radius 3 is 2.48 bits per heavy atom. The van der Waals surface area contributed by atoms with Gasteiger partial charge in [-0.1, -0.05) is 20.8 Å². The van der Waals surface area contributed by atoms with Crippen molar-refractivity contribution in [3.8, 4) is 0 Å². The predicted octanol–water partition coefficient (Wildman–Crippen LogP) is 2.76. The molecule has 0 amide bonds. The molecule has 0 aliphatic heterocycles. The monoisotopic (exact) mass is 332 g/mol. The smallest absolute Gasteiger partial charge is 0.192 e. The van der Waals surface area contributed by atoms with Gasteiger partial charge in [-0.25, -0.2) is 13.7 Å². The zero-order valence-corrected chi connectivity index (χ0v) is 16.0. The van der Waals surface area contributed by atoms with Crippen molar-refractivity contribution in [1.29, 1.82) is 0 Å². The summed E-state index contributed by atoms with van der Waals surface area (Å²) in [6.07, 6.45) is 0. The first-order chi connectivity index (χ1) is 9.44. The minimum Gasteiger partial charge on any atom is -0.411 e. The van der Waals surface area contributed by atoms with Crippen LogP contribution < -0.4 is 5.14 Å². The Morgan fingerprint density at radius 1 is 1.48 bits per heavy atom. The standard InChI is InChI=1S/C13H28N4O2SSi/c1-8-17-11(9-12(16-17)20(14,18)15-5)10-19-21(6,7)13(2,3)4/h9H,8,10H2,1-7H3,(H2,14,15,18). The van der Waals surface area contributed by atoms with Gasteiger partial charge >= 0.3 is 0 Å². The highest BCUT2D eigenvalue weighted by Gasteiger charge is 2.37. The molecule has 122 valence electrons. The second-order valence-corrected chi connectivity index (χ2v) is 13.3. The van der Waals surface area contributed by atoms with Gasteiger partial charge in [0.25, 0.3) is 0 Å². The topological polar surface area (TPSA) is 82.5 Å². The number of nitrogens with two attached hydrogens (primary N) is 1. The van der Waals surface area contributed by atoms with Gasteiger partial charge in [-0.2, -0.15) is 5.10 Å². The van der Waals surface area contributed by atoms with E-state index in [9.17, 15) is 4.21 Å². The summed E-state index contributed by atoms with van der Waals surface area (Å²) in [6.45, 7) is 14.1. The second-order valence-electron chi connectivity index (χ2n) is 6.59. The molecule has 0 fully saturated rings. The van der Waals surface area contributed by atoms with E-state index in [0.29, 0.717) is 18.2 Å². The van der Waals surface area contributed by atoms with Gasteiger partial charge < -0.3 is 4.43 Å². The van der Waals surface area contributed by atoms with Gasteiger partial charge in [-0.15, -0.1) is 0 Å². The molecule has 1 unspecified atom stereocenters. The Labute approximate surface area is 129 Å². The molecule has 1 aromatic rings. The Balaban J connectivity index is 3.03. The first kappa shape index (κ1) is 18.3. The summed E-state index contributed by atoms with van der Waals surface area (Å²) in [5.74, 6) is 0. The van der Waals surface area contributed by atoms with Crippen molar-refractivity contribution < 1.29 is 8.63 Å². The van der Waals surface area contributed by atoms with E-state index >= 15 is 0 Å². The maximum atomic E-state index is 12.1. The average Bonchev–Trinajstić information content (AvgIpc) is 2.79. The van der Waals surface area contributed by atoms with Crippen LogP contribution in [0.25, 0.3) is 0 Å². The van der Waals surface area contributed by atoms with Crippen LogP contribution in [-0.2, 0) is 27.5 Å². The SMILES string of the molecule is CCn1nc(S(N)(=O)=NC)cc1CO[Si](C)(C)C(C)(C)C. The number of hydrogen-bond acceptors (Lipinski definition) is 4. The first-order valence-corrected chi connectivity index (χ1v) is 11.6. The highest BCUT2D eigenvalue weighted by atomic mass is 32.2. The zero-order chi connectivity index (χ0) is 16.5. The van der Waals surface area contributed by atoms with Crippen LogP contribution in [0.5, 0.6) is 0 Å². The molecule has 6 nitrogen and oxygen atoms in total. The third kappa shape index (κ3) is 4.15. The lowest BCUT2D eigenvalue weighted by Crippen LogP contribution is -2.40. The van der Waals surface area contributed by atoms with Gasteiger partial charge in [-0.3, -0.25) is 4.68 Å². The van der Waals surface area contributed by atoms with Crippen molar-refractivity contribution >= 4 is 18.2 Å². The maximum absolute atomic E-state index is 12.1. The fourth-order valence-corrected chi connectivity index (χ4v) is 3.18. The predicted molar refractivity (Wildman–Crippen MR) is 88.8 cm³/mol. The lowest BCUT2D eigenvalue weighted by molar-refractivity contribution is 0.265. The van der Waals surface area contributed by atoms with Crippen LogP contribution in [0.2, 0.25) is 18.1 Å². The molecule has 1 heterocycles. The summed E-state index contributed by atoms with van der Waals surface area (Å²) in [5, 5.41) is 10.4. The number of rotatable bonds is 5. The normalized spacial score (nSPS) is 15.8. The number of nitrogens with zero attached hydrogens (tertiary/aromatic N) is 3. The van der Waals surface area contributed by atoms with Crippen LogP contribution in [-0.4, -0.2) is 29.4 Å². The van der Waals surface area contributed by atoms with Crippen LogP contribution in [0.1, 0.15) is 33.4 Å². The lowest BCUT2D eigenvalue weighted by Gasteiger charge is -2.36. The molecule has 1 atom stereocenters. The third-order valence-electron chi connectivity index (χ3n) is 4.10. The summed E-state index contributed by atoms with van der Waals surface area (Å²) >= 11 is 0. The van der Waals surface area contributed by atoms with E-state index in [1.54, 1.807) is 10.7 Å². The van der Waals surface area contributed by atoms with Gasteiger partial charge in [0, 0.05) is 19.7 Å². The number of aromatic nitrogens is 2. The van der Waals surface area contributed by atoms with Crippen molar-refractivity contribution in [2.75, 3.05) is 7.05 Å². The van der Waals surface area contributed by atoms with E-state index in [0.717, 1.165) is 5.69 Å². The summed E-state index contributed by atoms with van der Waals surface area (Å²) in [6, 6.07) is 1.74. The molecule has 0 spiro atoms. The summed E-state index contributed by atoms with van der Waals surface area (Å²) < 4.78 is 23.8. The molecule has 0 radical (unpaired) electrons. The van der Waals surface area contributed by atoms with Crippen LogP contribution in [0, 0.1) is 0 Å². The van der Waals surface area contributed by atoms with Gasteiger partial charge in [0.15, 0.2) is 23.3 Å². The highest BCUT2D eigenvalue weighted by Crippen LogP contribution is 2.37. The quantitative estimate of drug-likeness (QED) is 0.842. The van der Waals surface area contributed by atoms with E-state index in [2.05, 4.69) is 43.3 Å². The number of aryl methyl sites for hydroxylation is 1. The van der Waals surface area contributed by atoms with E-state index in [1.165, 1.54) is 7.05 Å². The lowest BCUT2D eigenvalue weighted by atomic mass is 10.2. The van der Waals surface area contributed by atoms with Gasteiger partial charge in [0.1, 0.15) is 0 Å².